The van der Waals surface area contributed by atoms with Crippen LogP contribution in [0, 0.1) is 0 Å². The molecule has 0 bridgehead atoms. The SMILES string of the molecule is CCC[Si](OC)(OC)c1ccccc1. The predicted octanol–water partition coefficient (Wildman–Crippen LogP) is 2.04. The van der Waals surface area contributed by atoms with Crippen molar-refractivity contribution >= 4 is 13.7 Å². The average molecular weight is 210 g/mol. The highest BCUT2D eigenvalue weighted by Crippen LogP contribution is 2.14. The summed E-state index contributed by atoms with van der Waals surface area (Å²) in [5.41, 5.74) is 0. The van der Waals surface area contributed by atoms with Gasteiger partial charge in [-0.1, -0.05) is 43.7 Å². The summed E-state index contributed by atoms with van der Waals surface area (Å²) in [6, 6.07) is 11.3. The Bertz CT molecular complexity index is 257. The fourth-order valence-electron chi connectivity index (χ4n) is 1.69. The fourth-order valence-corrected chi connectivity index (χ4v) is 4.38. The maximum absolute atomic E-state index is 5.63. The van der Waals surface area contributed by atoms with Gasteiger partial charge in [0.1, 0.15) is 0 Å². The molecule has 0 saturated carbocycles. The van der Waals surface area contributed by atoms with Crippen molar-refractivity contribution in [1.82, 2.24) is 0 Å². The minimum absolute atomic E-state index is 1.00. The number of hydrogen-bond acceptors (Lipinski definition) is 2. The van der Waals surface area contributed by atoms with E-state index in [9.17, 15) is 0 Å². The summed E-state index contributed by atoms with van der Waals surface area (Å²) in [4.78, 5) is 0. The third kappa shape index (κ3) is 2.23. The molecule has 0 amide bonds. The summed E-state index contributed by atoms with van der Waals surface area (Å²) >= 11 is 0. The van der Waals surface area contributed by atoms with Crippen molar-refractivity contribution in [2.75, 3.05) is 14.2 Å². The van der Waals surface area contributed by atoms with Gasteiger partial charge >= 0.3 is 8.56 Å². The summed E-state index contributed by atoms with van der Waals surface area (Å²) in [6.45, 7) is 2.16. The molecular formula is C11H18O2Si. The van der Waals surface area contributed by atoms with E-state index in [4.69, 9.17) is 8.85 Å². The lowest BCUT2D eigenvalue weighted by molar-refractivity contribution is 0.257. The molecule has 1 rings (SSSR count). The van der Waals surface area contributed by atoms with Crippen molar-refractivity contribution in [2.45, 2.75) is 19.4 Å². The summed E-state index contributed by atoms with van der Waals surface area (Å²) in [5.74, 6) is 0. The van der Waals surface area contributed by atoms with E-state index in [1.807, 2.05) is 18.2 Å². The van der Waals surface area contributed by atoms with E-state index in [1.54, 1.807) is 14.2 Å². The summed E-state index contributed by atoms with van der Waals surface area (Å²) in [7, 11) is 1.38. The first-order valence-corrected chi connectivity index (χ1v) is 6.97. The first kappa shape index (κ1) is 11.4. The third-order valence-electron chi connectivity index (χ3n) is 2.45. The Morgan fingerprint density at radius 1 is 1.07 bits per heavy atom. The lowest BCUT2D eigenvalue weighted by atomic mass is 10.4. The van der Waals surface area contributed by atoms with Gasteiger partial charge in [-0.3, -0.25) is 0 Å². The van der Waals surface area contributed by atoms with Crippen LogP contribution in [0.3, 0.4) is 0 Å². The molecule has 0 fully saturated rings. The number of rotatable bonds is 5. The van der Waals surface area contributed by atoms with E-state index in [0.29, 0.717) is 0 Å². The molecule has 2 nitrogen and oxygen atoms in total. The van der Waals surface area contributed by atoms with Gasteiger partial charge in [-0.15, -0.1) is 0 Å². The first-order valence-electron chi connectivity index (χ1n) is 4.95. The standard InChI is InChI=1S/C11H18O2Si/c1-4-10-14(12-2,13-3)11-8-6-5-7-9-11/h5-9H,4,10H2,1-3H3. The van der Waals surface area contributed by atoms with Crippen molar-refractivity contribution in [2.24, 2.45) is 0 Å². The molecule has 0 aliphatic heterocycles. The van der Waals surface area contributed by atoms with Crippen LogP contribution in [0.4, 0.5) is 0 Å². The molecule has 0 heterocycles. The van der Waals surface area contributed by atoms with E-state index in [2.05, 4.69) is 19.1 Å². The van der Waals surface area contributed by atoms with Gasteiger partial charge in [0, 0.05) is 14.2 Å². The van der Waals surface area contributed by atoms with Gasteiger partial charge in [-0.2, -0.15) is 0 Å². The second kappa shape index (κ2) is 5.29. The molecule has 1 aromatic carbocycles. The van der Waals surface area contributed by atoms with Gasteiger partial charge < -0.3 is 8.85 Å². The zero-order valence-electron chi connectivity index (χ0n) is 9.12. The highest BCUT2D eigenvalue weighted by atomic mass is 28.4. The van der Waals surface area contributed by atoms with Crippen molar-refractivity contribution in [3.63, 3.8) is 0 Å². The quantitative estimate of drug-likeness (QED) is 0.692. The average Bonchev–Trinajstić information content (AvgIpc) is 2.27. The Morgan fingerprint density at radius 2 is 1.64 bits per heavy atom. The van der Waals surface area contributed by atoms with E-state index in [0.717, 1.165) is 12.5 Å². The summed E-state index contributed by atoms with van der Waals surface area (Å²) < 4.78 is 11.3. The van der Waals surface area contributed by atoms with Gasteiger partial charge in [0.05, 0.1) is 0 Å². The molecule has 0 radical (unpaired) electrons. The van der Waals surface area contributed by atoms with Gasteiger partial charge in [0.15, 0.2) is 0 Å². The van der Waals surface area contributed by atoms with Crippen molar-refractivity contribution < 1.29 is 8.85 Å². The molecule has 1 aromatic rings. The third-order valence-corrected chi connectivity index (χ3v) is 6.14. The smallest absolute Gasteiger partial charge is 0.371 e. The van der Waals surface area contributed by atoms with E-state index in [1.165, 1.54) is 5.19 Å². The van der Waals surface area contributed by atoms with Crippen LogP contribution in [0.5, 0.6) is 0 Å². The Kier molecular flexibility index (Phi) is 4.32. The molecule has 0 saturated heterocycles. The molecule has 0 N–H and O–H groups in total. The van der Waals surface area contributed by atoms with Crippen molar-refractivity contribution in [1.29, 1.82) is 0 Å². The lowest BCUT2D eigenvalue weighted by Crippen LogP contribution is -2.52. The van der Waals surface area contributed by atoms with Gasteiger partial charge in [0.25, 0.3) is 0 Å². The summed E-state index contributed by atoms with van der Waals surface area (Å²) in [5, 5.41) is 1.21. The highest BCUT2D eigenvalue weighted by Gasteiger charge is 2.36. The topological polar surface area (TPSA) is 18.5 Å². The molecule has 0 aliphatic carbocycles. The maximum Gasteiger partial charge on any atom is 0.371 e. The Morgan fingerprint density at radius 3 is 2.07 bits per heavy atom. The maximum atomic E-state index is 5.63. The van der Waals surface area contributed by atoms with Crippen LogP contribution in [0.25, 0.3) is 0 Å². The highest BCUT2D eigenvalue weighted by molar-refractivity contribution is 6.81. The van der Waals surface area contributed by atoms with E-state index >= 15 is 0 Å². The molecule has 0 unspecified atom stereocenters. The molecule has 0 spiro atoms. The normalized spacial score (nSPS) is 11.6. The number of hydrogen-bond donors (Lipinski definition) is 0. The van der Waals surface area contributed by atoms with Crippen molar-refractivity contribution in [3.05, 3.63) is 30.3 Å². The molecule has 0 atom stereocenters. The largest absolute Gasteiger partial charge is 0.394 e. The van der Waals surface area contributed by atoms with Crippen molar-refractivity contribution in [3.8, 4) is 0 Å². The van der Waals surface area contributed by atoms with Crippen LogP contribution in [0.1, 0.15) is 13.3 Å². The Labute approximate surface area is 87.1 Å². The Balaban J connectivity index is 2.98. The second-order valence-electron chi connectivity index (χ2n) is 3.28. The Hall–Kier alpha value is -0.643. The van der Waals surface area contributed by atoms with Gasteiger partial charge in [-0.25, -0.2) is 0 Å². The van der Waals surface area contributed by atoms with Crippen LogP contribution in [0.15, 0.2) is 30.3 Å². The zero-order valence-corrected chi connectivity index (χ0v) is 10.1. The van der Waals surface area contributed by atoms with Crippen LogP contribution in [-0.2, 0) is 8.85 Å². The molecular weight excluding hydrogens is 192 g/mol. The molecule has 78 valence electrons. The number of benzene rings is 1. The summed E-state index contributed by atoms with van der Waals surface area (Å²) in [6.07, 6.45) is 1.09. The minimum atomic E-state index is -2.12. The van der Waals surface area contributed by atoms with Crippen LogP contribution >= 0.6 is 0 Å². The second-order valence-corrected chi connectivity index (χ2v) is 6.68. The minimum Gasteiger partial charge on any atom is -0.394 e. The molecule has 0 aromatic heterocycles. The predicted molar refractivity (Wildman–Crippen MR) is 60.9 cm³/mol. The molecule has 3 heteroatoms. The van der Waals surface area contributed by atoms with Gasteiger partial charge in [-0.05, 0) is 11.2 Å². The van der Waals surface area contributed by atoms with Crippen LogP contribution in [0.2, 0.25) is 6.04 Å². The van der Waals surface area contributed by atoms with Crippen LogP contribution in [-0.4, -0.2) is 22.8 Å². The lowest BCUT2D eigenvalue weighted by Gasteiger charge is -2.27. The molecule has 14 heavy (non-hydrogen) atoms. The van der Waals surface area contributed by atoms with E-state index < -0.39 is 8.56 Å². The van der Waals surface area contributed by atoms with Gasteiger partial charge in [0.2, 0.25) is 0 Å². The fraction of sp³-hybridized carbons (Fsp3) is 0.455. The first-order chi connectivity index (χ1) is 6.79. The zero-order chi connectivity index (χ0) is 10.4. The van der Waals surface area contributed by atoms with Crippen LogP contribution < -0.4 is 5.19 Å². The monoisotopic (exact) mass is 210 g/mol. The molecule has 0 aliphatic rings. The van der Waals surface area contributed by atoms with E-state index in [-0.39, 0.29) is 0 Å².